The minimum absolute atomic E-state index is 0.0690. The van der Waals surface area contributed by atoms with Gasteiger partial charge in [0.15, 0.2) is 5.65 Å². The first-order valence-corrected chi connectivity index (χ1v) is 9.96. The van der Waals surface area contributed by atoms with Crippen LogP contribution in [-0.2, 0) is 11.2 Å². The number of carbonyl (C=O) groups is 1. The Hall–Kier alpha value is -3.09. The van der Waals surface area contributed by atoms with Gasteiger partial charge in [0.25, 0.3) is 5.56 Å². The van der Waals surface area contributed by atoms with Crippen LogP contribution in [0.1, 0.15) is 41.3 Å². The van der Waals surface area contributed by atoms with Crippen LogP contribution in [-0.4, -0.2) is 45.6 Å². The predicted octanol–water partition coefficient (Wildman–Crippen LogP) is 2.60. The number of amides is 1. The highest BCUT2D eigenvalue weighted by atomic mass is 16.5. The molecule has 7 heteroatoms. The molecular weight excluding hydrogens is 368 g/mol. The van der Waals surface area contributed by atoms with Crippen molar-refractivity contribution in [1.82, 2.24) is 19.5 Å². The number of aryl methyl sites for hydroxylation is 1. The van der Waals surface area contributed by atoms with Gasteiger partial charge in [-0.05, 0) is 44.4 Å². The van der Waals surface area contributed by atoms with Crippen LogP contribution in [0.3, 0.4) is 0 Å². The normalized spacial score (nSPS) is 16.9. The Morgan fingerprint density at radius 2 is 2.14 bits per heavy atom. The predicted molar refractivity (Wildman–Crippen MR) is 111 cm³/mol. The van der Waals surface area contributed by atoms with Gasteiger partial charge >= 0.3 is 0 Å². The average molecular weight is 394 g/mol. The quantitative estimate of drug-likeness (QED) is 0.738. The summed E-state index contributed by atoms with van der Waals surface area (Å²) in [5.74, 6) is 1.04. The van der Waals surface area contributed by atoms with Gasteiger partial charge in [-0.25, -0.2) is 9.50 Å². The third-order valence-electron chi connectivity index (χ3n) is 5.81. The standard InChI is InChI=1S/C22H26N4O3/c1-14-15(2)23-20-12-19(24-26(20)22(14)28)17-7-5-9-25(13-17)21(27)11-16-6-4-8-18(10-16)29-3/h4,6,8,10,12,17,24H,5,7,9,11,13H2,1-3H3. The fourth-order valence-corrected chi connectivity index (χ4v) is 3.97. The summed E-state index contributed by atoms with van der Waals surface area (Å²) in [6, 6.07) is 9.57. The van der Waals surface area contributed by atoms with E-state index in [1.54, 1.807) is 14.0 Å². The minimum atomic E-state index is -0.0690. The molecule has 1 aliphatic rings. The number of carbonyl (C=O) groups excluding carboxylic acids is 1. The van der Waals surface area contributed by atoms with E-state index in [-0.39, 0.29) is 17.4 Å². The van der Waals surface area contributed by atoms with Gasteiger partial charge in [-0.1, -0.05) is 12.1 Å². The van der Waals surface area contributed by atoms with Crippen molar-refractivity contribution in [3.63, 3.8) is 0 Å². The third-order valence-corrected chi connectivity index (χ3v) is 5.81. The number of nitrogens with one attached hydrogen (secondary N) is 1. The Kier molecular flexibility index (Phi) is 5.13. The number of H-pyrrole nitrogens is 1. The topological polar surface area (TPSA) is 79.7 Å². The molecule has 0 saturated carbocycles. The van der Waals surface area contributed by atoms with Gasteiger partial charge in [0.2, 0.25) is 5.91 Å². The molecule has 4 rings (SSSR count). The highest BCUT2D eigenvalue weighted by Crippen LogP contribution is 2.27. The first-order chi connectivity index (χ1) is 14.0. The summed E-state index contributed by atoms with van der Waals surface area (Å²) in [4.78, 5) is 31.8. The molecule has 0 aliphatic carbocycles. The van der Waals surface area contributed by atoms with E-state index in [0.29, 0.717) is 24.2 Å². The molecule has 1 aromatic carbocycles. The summed E-state index contributed by atoms with van der Waals surface area (Å²) < 4.78 is 6.76. The largest absolute Gasteiger partial charge is 0.497 e. The summed E-state index contributed by atoms with van der Waals surface area (Å²) in [5.41, 5.74) is 3.87. The summed E-state index contributed by atoms with van der Waals surface area (Å²) in [6.07, 6.45) is 2.27. The number of likely N-dealkylation sites (tertiary alicyclic amines) is 1. The summed E-state index contributed by atoms with van der Waals surface area (Å²) in [5, 5.41) is 3.21. The van der Waals surface area contributed by atoms with Gasteiger partial charge < -0.3 is 9.64 Å². The summed E-state index contributed by atoms with van der Waals surface area (Å²) in [6.45, 7) is 5.04. The Balaban J connectivity index is 1.52. The molecule has 29 heavy (non-hydrogen) atoms. The van der Waals surface area contributed by atoms with Crippen LogP contribution in [0.4, 0.5) is 0 Å². The maximum Gasteiger partial charge on any atom is 0.275 e. The Bertz CT molecular complexity index is 1110. The highest BCUT2D eigenvalue weighted by Gasteiger charge is 2.26. The molecular formula is C22H26N4O3. The van der Waals surface area contributed by atoms with Gasteiger partial charge in [-0.2, -0.15) is 0 Å². The van der Waals surface area contributed by atoms with Crippen LogP contribution in [0.15, 0.2) is 35.1 Å². The van der Waals surface area contributed by atoms with Crippen LogP contribution in [0.25, 0.3) is 5.65 Å². The van der Waals surface area contributed by atoms with Crippen molar-refractivity contribution < 1.29 is 9.53 Å². The lowest BCUT2D eigenvalue weighted by atomic mass is 9.94. The van der Waals surface area contributed by atoms with Crippen molar-refractivity contribution >= 4 is 11.6 Å². The molecule has 0 bridgehead atoms. The summed E-state index contributed by atoms with van der Waals surface area (Å²) >= 11 is 0. The van der Waals surface area contributed by atoms with Gasteiger partial charge in [0.05, 0.1) is 13.5 Å². The number of hydrogen-bond acceptors (Lipinski definition) is 4. The Morgan fingerprint density at radius 3 is 2.93 bits per heavy atom. The molecule has 1 amide bonds. The lowest BCUT2D eigenvalue weighted by Gasteiger charge is -2.32. The van der Waals surface area contributed by atoms with Crippen molar-refractivity contribution in [3.8, 4) is 5.75 Å². The van der Waals surface area contributed by atoms with E-state index in [0.717, 1.165) is 42.1 Å². The number of aromatic nitrogens is 3. The van der Waals surface area contributed by atoms with E-state index in [9.17, 15) is 9.59 Å². The Labute approximate surface area is 169 Å². The van der Waals surface area contributed by atoms with Crippen LogP contribution < -0.4 is 10.3 Å². The van der Waals surface area contributed by atoms with Crippen molar-refractivity contribution in [2.75, 3.05) is 20.2 Å². The van der Waals surface area contributed by atoms with Gasteiger partial charge in [0.1, 0.15) is 5.75 Å². The van der Waals surface area contributed by atoms with Gasteiger partial charge in [0, 0.05) is 42.0 Å². The van der Waals surface area contributed by atoms with E-state index in [4.69, 9.17) is 4.74 Å². The van der Waals surface area contributed by atoms with Crippen LogP contribution >= 0.6 is 0 Å². The number of rotatable bonds is 4. The number of benzene rings is 1. The number of ether oxygens (including phenoxy) is 1. The number of nitrogens with zero attached hydrogens (tertiary/aromatic N) is 3. The molecule has 2 aromatic heterocycles. The molecule has 1 unspecified atom stereocenters. The van der Waals surface area contributed by atoms with E-state index < -0.39 is 0 Å². The molecule has 1 atom stereocenters. The van der Waals surface area contributed by atoms with Crippen LogP contribution in [0, 0.1) is 13.8 Å². The molecule has 7 nitrogen and oxygen atoms in total. The minimum Gasteiger partial charge on any atom is -0.497 e. The number of hydrogen-bond donors (Lipinski definition) is 1. The first kappa shape index (κ1) is 19.2. The SMILES string of the molecule is COc1cccc(CC(=O)N2CCCC(c3cc4nc(C)c(C)c(=O)n4[nH]3)C2)c1. The number of fused-ring (bicyclic) bond motifs is 1. The molecule has 1 fully saturated rings. The average Bonchev–Trinajstić information content (AvgIpc) is 3.16. The highest BCUT2D eigenvalue weighted by molar-refractivity contribution is 5.79. The second-order valence-corrected chi connectivity index (χ2v) is 7.74. The second kappa shape index (κ2) is 7.73. The van der Waals surface area contributed by atoms with Crippen molar-refractivity contribution in [2.24, 2.45) is 0 Å². The zero-order valence-electron chi connectivity index (χ0n) is 17.1. The van der Waals surface area contributed by atoms with Crippen molar-refractivity contribution in [3.05, 3.63) is 63.2 Å². The molecule has 1 saturated heterocycles. The zero-order chi connectivity index (χ0) is 20.5. The smallest absolute Gasteiger partial charge is 0.275 e. The number of piperidine rings is 1. The first-order valence-electron chi connectivity index (χ1n) is 9.96. The lowest BCUT2D eigenvalue weighted by Crippen LogP contribution is -2.40. The fraction of sp³-hybridized carbons (Fsp3) is 0.409. The van der Waals surface area contributed by atoms with Gasteiger partial charge in [-0.3, -0.25) is 14.7 Å². The molecule has 0 spiro atoms. The fourth-order valence-electron chi connectivity index (χ4n) is 3.97. The molecule has 1 N–H and O–H groups in total. The molecule has 1 aliphatic heterocycles. The van der Waals surface area contributed by atoms with E-state index in [1.165, 1.54) is 4.52 Å². The summed E-state index contributed by atoms with van der Waals surface area (Å²) in [7, 11) is 1.62. The number of aromatic amines is 1. The lowest BCUT2D eigenvalue weighted by molar-refractivity contribution is -0.131. The van der Waals surface area contributed by atoms with Gasteiger partial charge in [-0.15, -0.1) is 0 Å². The molecule has 152 valence electrons. The third kappa shape index (κ3) is 3.77. The molecule has 3 aromatic rings. The number of methoxy groups -OCH3 is 1. The van der Waals surface area contributed by atoms with Crippen molar-refractivity contribution in [2.45, 2.75) is 39.0 Å². The zero-order valence-corrected chi connectivity index (χ0v) is 17.1. The van der Waals surface area contributed by atoms with E-state index in [2.05, 4.69) is 10.1 Å². The monoisotopic (exact) mass is 394 g/mol. The van der Waals surface area contributed by atoms with E-state index in [1.807, 2.05) is 42.2 Å². The second-order valence-electron chi connectivity index (χ2n) is 7.74. The van der Waals surface area contributed by atoms with Crippen molar-refractivity contribution in [1.29, 1.82) is 0 Å². The van der Waals surface area contributed by atoms with Crippen LogP contribution in [0.2, 0.25) is 0 Å². The molecule has 0 radical (unpaired) electrons. The van der Waals surface area contributed by atoms with E-state index >= 15 is 0 Å². The maximum absolute atomic E-state index is 12.9. The Morgan fingerprint density at radius 1 is 1.31 bits per heavy atom. The van der Waals surface area contributed by atoms with Crippen LogP contribution in [0.5, 0.6) is 5.75 Å². The maximum atomic E-state index is 12.9. The molecule has 3 heterocycles.